The number of hydrogen-bond acceptors (Lipinski definition) is 2. The molecule has 1 atom stereocenters. The molecule has 4 heteroatoms. The van der Waals surface area contributed by atoms with E-state index in [9.17, 15) is 8.42 Å². The summed E-state index contributed by atoms with van der Waals surface area (Å²) >= 11 is 0. The van der Waals surface area contributed by atoms with Crippen molar-refractivity contribution in [1.82, 2.24) is 4.31 Å². The highest BCUT2D eigenvalue weighted by Crippen LogP contribution is 2.41. The Bertz CT molecular complexity index is 1020. The summed E-state index contributed by atoms with van der Waals surface area (Å²) in [6.07, 6.45) is 0. The van der Waals surface area contributed by atoms with Gasteiger partial charge in [0.2, 0.25) is 10.0 Å². The van der Waals surface area contributed by atoms with Gasteiger partial charge in [-0.25, -0.2) is 8.42 Å². The molecule has 0 N–H and O–H groups in total. The van der Waals surface area contributed by atoms with E-state index in [0.717, 1.165) is 27.5 Å². The zero-order valence-corrected chi connectivity index (χ0v) is 14.5. The predicted octanol–water partition coefficient (Wildman–Crippen LogP) is 4.41. The lowest BCUT2D eigenvalue weighted by molar-refractivity contribution is 0.371. The van der Waals surface area contributed by atoms with E-state index in [1.807, 2.05) is 38.1 Å². The minimum absolute atomic E-state index is 0.169. The first-order chi connectivity index (χ1) is 11.5. The van der Waals surface area contributed by atoms with Crippen molar-refractivity contribution in [1.29, 1.82) is 0 Å². The minimum Gasteiger partial charge on any atom is -0.207 e. The summed E-state index contributed by atoms with van der Waals surface area (Å²) in [7, 11) is -3.51. The van der Waals surface area contributed by atoms with Gasteiger partial charge in [-0.15, -0.1) is 0 Å². The maximum atomic E-state index is 13.1. The van der Waals surface area contributed by atoms with E-state index in [4.69, 9.17) is 0 Å². The van der Waals surface area contributed by atoms with Gasteiger partial charge in [-0.1, -0.05) is 54.1 Å². The lowest BCUT2D eigenvalue weighted by Crippen LogP contribution is -2.28. The van der Waals surface area contributed by atoms with Crippen molar-refractivity contribution in [2.75, 3.05) is 0 Å². The van der Waals surface area contributed by atoms with E-state index in [0.29, 0.717) is 11.4 Å². The third-order valence-corrected chi connectivity index (χ3v) is 6.80. The van der Waals surface area contributed by atoms with Gasteiger partial charge in [-0.3, -0.25) is 0 Å². The van der Waals surface area contributed by atoms with E-state index >= 15 is 0 Å². The minimum atomic E-state index is -3.51. The van der Waals surface area contributed by atoms with Crippen molar-refractivity contribution in [3.8, 4) is 0 Å². The summed E-state index contributed by atoms with van der Waals surface area (Å²) in [5.74, 6) is 0. The molecule has 3 aromatic rings. The first-order valence-corrected chi connectivity index (χ1v) is 9.51. The third-order valence-electron chi connectivity index (χ3n) is 4.86. The fourth-order valence-electron chi connectivity index (χ4n) is 3.56. The Morgan fingerprint density at radius 3 is 2.42 bits per heavy atom. The van der Waals surface area contributed by atoms with Crippen molar-refractivity contribution in [2.45, 2.75) is 31.3 Å². The summed E-state index contributed by atoms with van der Waals surface area (Å²) in [6.45, 7) is 4.36. The molecule has 1 unspecified atom stereocenters. The number of nitrogens with zero attached hydrogens (tertiary/aromatic N) is 1. The Labute approximate surface area is 142 Å². The molecule has 0 amide bonds. The SMILES string of the molecule is Cc1ccc(S(=O)(=O)N2Cc3ccc4ccccc4c3C2C)cc1. The number of fused-ring (bicyclic) bond motifs is 3. The van der Waals surface area contributed by atoms with E-state index in [-0.39, 0.29) is 6.04 Å². The monoisotopic (exact) mass is 337 g/mol. The standard InChI is InChI=1S/C20H19NO2S/c1-14-7-11-18(12-8-14)24(22,23)21-13-17-10-9-16-5-3-4-6-19(16)20(17)15(21)2/h3-12,15H,13H2,1-2H3. The second-order valence-corrected chi connectivity index (χ2v) is 8.29. The highest BCUT2D eigenvalue weighted by molar-refractivity contribution is 7.89. The van der Waals surface area contributed by atoms with Gasteiger partial charge in [-0.2, -0.15) is 4.31 Å². The number of rotatable bonds is 2. The maximum absolute atomic E-state index is 13.1. The first kappa shape index (κ1) is 15.4. The largest absolute Gasteiger partial charge is 0.243 e. The van der Waals surface area contributed by atoms with Gasteiger partial charge < -0.3 is 0 Å². The molecule has 1 heterocycles. The average molecular weight is 337 g/mol. The molecule has 0 bridgehead atoms. The molecule has 3 nitrogen and oxygen atoms in total. The first-order valence-electron chi connectivity index (χ1n) is 8.07. The van der Waals surface area contributed by atoms with E-state index in [1.54, 1.807) is 16.4 Å². The Balaban J connectivity index is 1.81. The lowest BCUT2D eigenvalue weighted by Gasteiger charge is -2.22. The molecule has 0 aliphatic carbocycles. The zero-order chi connectivity index (χ0) is 16.9. The Morgan fingerprint density at radius 1 is 0.958 bits per heavy atom. The molecule has 0 aromatic heterocycles. The van der Waals surface area contributed by atoms with Gasteiger partial charge in [-0.05, 0) is 47.9 Å². The maximum Gasteiger partial charge on any atom is 0.243 e. The van der Waals surface area contributed by atoms with Crippen molar-refractivity contribution in [3.05, 3.63) is 77.4 Å². The Hall–Kier alpha value is -2.17. The fourth-order valence-corrected chi connectivity index (χ4v) is 5.14. The van der Waals surface area contributed by atoms with Crippen LogP contribution in [0.2, 0.25) is 0 Å². The van der Waals surface area contributed by atoms with Crippen LogP contribution >= 0.6 is 0 Å². The van der Waals surface area contributed by atoms with Crippen LogP contribution in [-0.2, 0) is 16.6 Å². The van der Waals surface area contributed by atoms with Gasteiger partial charge in [0, 0.05) is 12.6 Å². The van der Waals surface area contributed by atoms with Crippen LogP contribution < -0.4 is 0 Å². The van der Waals surface area contributed by atoms with Crippen LogP contribution in [-0.4, -0.2) is 12.7 Å². The van der Waals surface area contributed by atoms with Crippen molar-refractivity contribution < 1.29 is 8.42 Å². The van der Waals surface area contributed by atoms with Crippen LogP contribution in [0.15, 0.2) is 65.6 Å². The molecular formula is C20H19NO2S. The van der Waals surface area contributed by atoms with Crippen LogP contribution in [0.1, 0.15) is 29.7 Å². The lowest BCUT2D eigenvalue weighted by atomic mass is 9.98. The van der Waals surface area contributed by atoms with Crippen LogP contribution in [0, 0.1) is 6.92 Å². The van der Waals surface area contributed by atoms with Crippen LogP contribution in [0.3, 0.4) is 0 Å². The number of hydrogen-bond donors (Lipinski definition) is 0. The average Bonchev–Trinajstić information content (AvgIpc) is 2.93. The van der Waals surface area contributed by atoms with Crippen LogP contribution in [0.5, 0.6) is 0 Å². The summed E-state index contributed by atoms with van der Waals surface area (Å²) in [4.78, 5) is 0.358. The van der Waals surface area contributed by atoms with E-state index < -0.39 is 10.0 Å². The summed E-state index contributed by atoms with van der Waals surface area (Å²) in [5.41, 5.74) is 3.28. The van der Waals surface area contributed by atoms with Gasteiger partial charge >= 0.3 is 0 Å². The molecule has 3 aromatic carbocycles. The molecule has 24 heavy (non-hydrogen) atoms. The number of sulfonamides is 1. The van der Waals surface area contributed by atoms with Gasteiger partial charge in [0.05, 0.1) is 4.90 Å². The topological polar surface area (TPSA) is 37.4 Å². The smallest absolute Gasteiger partial charge is 0.207 e. The van der Waals surface area contributed by atoms with Gasteiger partial charge in [0.15, 0.2) is 0 Å². The molecular weight excluding hydrogens is 318 g/mol. The van der Waals surface area contributed by atoms with Crippen molar-refractivity contribution >= 4 is 20.8 Å². The fraction of sp³-hybridized carbons (Fsp3) is 0.200. The molecule has 0 fully saturated rings. The Morgan fingerprint density at radius 2 is 1.67 bits per heavy atom. The predicted molar refractivity (Wildman–Crippen MR) is 96.3 cm³/mol. The highest BCUT2D eigenvalue weighted by Gasteiger charge is 2.37. The summed E-state index contributed by atoms with van der Waals surface area (Å²) in [5, 5.41) is 2.29. The van der Waals surface area contributed by atoms with Gasteiger partial charge in [0.1, 0.15) is 0 Å². The third kappa shape index (κ3) is 2.26. The van der Waals surface area contributed by atoms with Crippen molar-refractivity contribution in [2.24, 2.45) is 0 Å². The molecule has 0 saturated heterocycles. The molecule has 1 aliphatic rings. The highest BCUT2D eigenvalue weighted by atomic mass is 32.2. The van der Waals surface area contributed by atoms with E-state index in [2.05, 4.69) is 24.3 Å². The number of aryl methyl sites for hydroxylation is 1. The van der Waals surface area contributed by atoms with Crippen LogP contribution in [0.4, 0.5) is 0 Å². The summed E-state index contributed by atoms with van der Waals surface area (Å²) < 4.78 is 27.8. The Kier molecular flexibility index (Phi) is 3.48. The quantitative estimate of drug-likeness (QED) is 0.694. The number of benzene rings is 3. The van der Waals surface area contributed by atoms with Crippen LogP contribution in [0.25, 0.3) is 10.8 Å². The normalized spacial score (nSPS) is 18.0. The second kappa shape index (κ2) is 5.43. The second-order valence-electron chi connectivity index (χ2n) is 6.40. The molecule has 0 spiro atoms. The molecule has 0 saturated carbocycles. The zero-order valence-electron chi connectivity index (χ0n) is 13.7. The summed E-state index contributed by atoms with van der Waals surface area (Å²) in [6, 6.07) is 19.2. The van der Waals surface area contributed by atoms with E-state index in [1.165, 1.54) is 0 Å². The molecule has 122 valence electrons. The van der Waals surface area contributed by atoms with Crippen molar-refractivity contribution in [3.63, 3.8) is 0 Å². The molecule has 4 rings (SSSR count). The van der Waals surface area contributed by atoms with Gasteiger partial charge in [0.25, 0.3) is 0 Å². The molecule has 1 aliphatic heterocycles. The molecule has 0 radical (unpaired) electrons.